The third-order valence-corrected chi connectivity index (χ3v) is 7.40. The Labute approximate surface area is 232 Å². The first-order valence-electron chi connectivity index (χ1n) is 12.9. The van der Waals surface area contributed by atoms with E-state index in [0.717, 1.165) is 35.3 Å². The molecule has 204 valence electrons. The summed E-state index contributed by atoms with van der Waals surface area (Å²) in [5.74, 6) is -0.672. The van der Waals surface area contributed by atoms with E-state index in [9.17, 15) is 9.18 Å². The van der Waals surface area contributed by atoms with Crippen LogP contribution in [-0.4, -0.2) is 34.8 Å². The lowest BCUT2D eigenvalue weighted by Gasteiger charge is -2.15. The van der Waals surface area contributed by atoms with Gasteiger partial charge in [0, 0.05) is 17.5 Å². The number of rotatable bonds is 9. The number of pyridine rings is 1. The van der Waals surface area contributed by atoms with Crippen LogP contribution in [0.3, 0.4) is 0 Å². The molecule has 0 bridgehead atoms. The van der Waals surface area contributed by atoms with E-state index in [-0.39, 0.29) is 16.3 Å². The topological polar surface area (TPSA) is 86.2 Å². The first-order chi connectivity index (χ1) is 18.8. The SMILES string of the molecule is COc1cccc(F)c1-c1cc(C)ncc1C(=O)Nc1nnc(OCC(/C=C\C2=C(C)CCCC2)=C(C)C)s1. The molecule has 9 heteroatoms. The quantitative estimate of drug-likeness (QED) is 0.279. The van der Waals surface area contributed by atoms with Crippen molar-refractivity contribution in [2.45, 2.75) is 53.4 Å². The standard InChI is InChI=1S/C30H33FN4O3S/c1-18(2)22(14-13-21-10-7-6-9-19(21)3)17-38-30-35-34-29(39-30)33-28(36)24-16-32-20(4)15-23(24)27-25(31)11-8-12-26(27)37-5/h8,11-16H,6-7,9-10,17H2,1-5H3,(H,33,34,36)/b14-13-. The second kappa shape index (κ2) is 12.8. The number of anilines is 1. The molecule has 39 heavy (non-hydrogen) atoms. The van der Waals surface area contributed by atoms with Crippen LogP contribution < -0.4 is 14.8 Å². The number of amides is 1. The fraction of sp³-hybridized carbons (Fsp3) is 0.333. The highest BCUT2D eigenvalue weighted by Gasteiger charge is 2.21. The summed E-state index contributed by atoms with van der Waals surface area (Å²) >= 11 is 1.12. The third kappa shape index (κ3) is 6.97. The molecule has 0 saturated heterocycles. The van der Waals surface area contributed by atoms with E-state index in [2.05, 4.69) is 53.4 Å². The van der Waals surface area contributed by atoms with Gasteiger partial charge in [0.15, 0.2) is 0 Å². The molecule has 1 N–H and O–H groups in total. The molecule has 3 aromatic rings. The van der Waals surface area contributed by atoms with E-state index in [1.54, 1.807) is 25.1 Å². The Hall–Kier alpha value is -3.85. The number of ether oxygens (including phenoxy) is 2. The fourth-order valence-electron chi connectivity index (χ4n) is 4.37. The Morgan fingerprint density at radius 1 is 1.18 bits per heavy atom. The lowest BCUT2D eigenvalue weighted by atomic mass is 9.92. The number of carbonyl (C=O) groups is 1. The highest BCUT2D eigenvalue weighted by atomic mass is 32.1. The monoisotopic (exact) mass is 548 g/mol. The Kier molecular flexibility index (Phi) is 9.24. The molecule has 0 radical (unpaired) electrons. The maximum atomic E-state index is 14.8. The van der Waals surface area contributed by atoms with Crippen LogP contribution >= 0.6 is 11.3 Å². The predicted molar refractivity (Wildman–Crippen MR) is 153 cm³/mol. The van der Waals surface area contributed by atoms with Crippen LogP contribution in [0.25, 0.3) is 11.1 Å². The molecule has 1 aromatic carbocycles. The van der Waals surface area contributed by atoms with Gasteiger partial charge in [0.2, 0.25) is 5.13 Å². The number of benzene rings is 1. The average Bonchev–Trinajstić information content (AvgIpc) is 3.36. The van der Waals surface area contributed by atoms with Crippen LogP contribution in [-0.2, 0) is 0 Å². The van der Waals surface area contributed by atoms with Crippen LogP contribution in [0.4, 0.5) is 9.52 Å². The minimum Gasteiger partial charge on any atom is -0.496 e. The van der Waals surface area contributed by atoms with Gasteiger partial charge in [-0.1, -0.05) is 34.5 Å². The van der Waals surface area contributed by atoms with Gasteiger partial charge in [-0.3, -0.25) is 15.1 Å². The van der Waals surface area contributed by atoms with Crippen molar-refractivity contribution in [2.75, 3.05) is 19.0 Å². The molecule has 2 heterocycles. The maximum absolute atomic E-state index is 14.8. The molecule has 0 fully saturated rings. The summed E-state index contributed by atoms with van der Waals surface area (Å²) in [6.45, 7) is 8.42. The van der Waals surface area contributed by atoms with Crippen molar-refractivity contribution in [2.24, 2.45) is 0 Å². The summed E-state index contributed by atoms with van der Waals surface area (Å²) in [6, 6.07) is 6.18. The van der Waals surface area contributed by atoms with Crippen LogP contribution in [0, 0.1) is 12.7 Å². The fourth-order valence-corrected chi connectivity index (χ4v) is 4.96. The van der Waals surface area contributed by atoms with Crippen molar-refractivity contribution >= 4 is 22.4 Å². The van der Waals surface area contributed by atoms with Gasteiger partial charge in [-0.25, -0.2) is 4.39 Å². The van der Waals surface area contributed by atoms with Crippen molar-refractivity contribution in [1.82, 2.24) is 15.2 Å². The molecule has 1 aliphatic carbocycles. The van der Waals surface area contributed by atoms with Crippen LogP contribution in [0.1, 0.15) is 62.5 Å². The highest BCUT2D eigenvalue weighted by Crippen LogP contribution is 2.35. The molecule has 7 nitrogen and oxygen atoms in total. The maximum Gasteiger partial charge on any atom is 0.296 e. The van der Waals surface area contributed by atoms with Gasteiger partial charge in [-0.05, 0) is 94.1 Å². The largest absolute Gasteiger partial charge is 0.496 e. The number of nitrogens with zero attached hydrogens (tertiary/aromatic N) is 3. The minimum absolute atomic E-state index is 0.186. The number of nitrogens with one attached hydrogen (secondary N) is 1. The summed E-state index contributed by atoms with van der Waals surface area (Å²) < 4.78 is 26.1. The Morgan fingerprint density at radius 3 is 2.72 bits per heavy atom. The number of halogens is 1. The molecule has 0 saturated carbocycles. The molecule has 4 rings (SSSR count). The second-order valence-corrected chi connectivity index (χ2v) is 10.6. The number of methoxy groups -OCH3 is 1. The Morgan fingerprint density at radius 2 is 1.97 bits per heavy atom. The summed E-state index contributed by atoms with van der Waals surface area (Å²) in [5.41, 5.74) is 6.47. The van der Waals surface area contributed by atoms with Crippen molar-refractivity contribution in [1.29, 1.82) is 0 Å². The first-order valence-corrected chi connectivity index (χ1v) is 13.7. The van der Waals surface area contributed by atoms with Crippen LogP contribution in [0.15, 0.2) is 64.9 Å². The molecular weight excluding hydrogens is 515 g/mol. The van der Waals surface area contributed by atoms with Crippen LogP contribution in [0.5, 0.6) is 10.9 Å². The van der Waals surface area contributed by atoms with E-state index in [1.165, 1.54) is 43.4 Å². The van der Waals surface area contributed by atoms with Crippen molar-refractivity contribution in [3.63, 3.8) is 0 Å². The number of carbonyl (C=O) groups excluding carboxylic acids is 1. The van der Waals surface area contributed by atoms with E-state index in [4.69, 9.17) is 9.47 Å². The normalized spacial score (nSPS) is 13.5. The number of allylic oxidation sites excluding steroid dienone is 4. The molecule has 1 amide bonds. The van der Waals surface area contributed by atoms with Gasteiger partial charge in [-0.15, -0.1) is 5.10 Å². The van der Waals surface area contributed by atoms with Crippen molar-refractivity contribution in [3.05, 3.63) is 82.0 Å². The Bertz CT molecular complexity index is 1450. The van der Waals surface area contributed by atoms with Gasteiger partial charge >= 0.3 is 0 Å². The summed E-state index contributed by atoms with van der Waals surface area (Å²) in [5, 5.41) is 11.5. The van der Waals surface area contributed by atoms with Crippen molar-refractivity contribution < 1.29 is 18.7 Å². The number of hydrogen-bond donors (Lipinski definition) is 1. The number of hydrogen-bond acceptors (Lipinski definition) is 7. The van der Waals surface area contributed by atoms with E-state index < -0.39 is 11.7 Å². The van der Waals surface area contributed by atoms with E-state index in [0.29, 0.717) is 28.8 Å². The van der Waals surface area contributed by atoms with Gasteiger partial charge in [0.25, 0.3) is 11.1 Å². The molecular formula is C30H33FN4O3S. The first kappa shape index (κ1) is 28.2. The lowest BCUT2D eigenvalue weighted by molar-refractivity contribution is 0.102. The Balaban J connectivity index is 1.47. The summed E-state index contributed by atoms with van der Waals surface area (Å²) in [7, 11) is 1.46. The molecule has 0 spiro atoms. The van der Waals surface area contributed by atoms with Gasteiger partial charge in [-0.2, -0.15) is 0 Å². The average molecular weight is 549 g/mol. The molecule has 0 atom stereocenters. The second-order valence-electron chi connectivity index (χ2n) is 9.68. The van der Waals surface area contributed by atoms with Gasteiger partial charge in [0.05, 0.1) is 18.2 Å². The number of aryl methyl sites for hydroxylation is 1. The molecule has 1 aliphatic rings. The van der Waals surface area contributed by atoms with Crippen molar-refractivity contribution in [3.8, 4) is 22.1 Å². The zero-order chi connectivity index (χ0) is 27.9. The molecule has 2 aromatic heterocycles. The molecule has 0 aliphatic heterocycles. The highest BCUT2D eigenvalue weighted by molar-refractivity contribution is 7.17. The smallest absolute Gasteiger partial charge is 0.296 e. The zero-order valence-electron chi connectivity index (χ0n) is 22.9. The third-order valence-electron chi connectivity index (χ3n) is 6.65. The molecule has 0 unspecified atom stereocenters. The number of aromatic nitrogens is 3. The van der Waals surface area contributed by atoms with Crippen LogP contribution in [0.2, 0.25) is 0 Å². The van der Waals surface area contributed by atoms with E-state index in [1.807, 2.05) is 0 Å². The summed E-state index contributed by atoms with van der Waals surface area (Å²) in [4.78, 5) is 17.5. The van der Waals surface area contributed by atoms with E-state index >= 15 is 0 Å². The van der Waals surface area contributed by atoms with Gasteiger partial charge in [0.1, 0.15) is 18.2 Å². The lowest BCUT2D eigenvalue weighted by Crippen LogP contribution is -2.14. The zero-order valence-corrected chi connectivity index (χ0v) is 23.7. The minimum atomic E-state index is -0.500. The summed E-state index contributed by atoms with van der Waals surface area (Å²) in [6.07, 6.45) is 10.5. The predicted octanol–water partition coefficient (Wildman–Crippen LogP) is 7.47. The van der Waals surface area contributed by atoms with Gasteiger partial charge < -0.3 is 9.47 Å².